The van der Waals surface area contributed by atoms with E-state index in [2.05, 4.69) is 17.0 Å². The number of oxime groups is 1. The summed E-state index contributed by atoms with van der Waals surface area (Å²) in [5, 5.41) is 11.6. The van der Waals surface area contributed by atoms with Crippen molar-refractivity contribution in [2.45, 2.75) is 19.4 Å². The number of hydrogen-bond acceptors (Lipinski definition) is 4. The Morgan fingerprint density at radius 3 is 2.68 bits per heavy atom. The van der Waals surface area contributed by atoms with Gasteiger partial charge in [-0.2, -0.15) is 0 Å². The van der Waals surface area contributed by atoms with Crippen LogP contribution < -0.4 is 10.6 Å². The van der Waals surface area contributed by atoms with E-state index in [1.165, 1.54) is 0 Å². The highest BCUT2D eigenvalue weighted by Gasteiger charge is 2.26. The molecule has 5 nitrogen and oxygen atoms in total. The molecule has 0 saturated carbocycles. The zero-order chi connectivity index (χ0) is 13.8. The highest BCUT2D eigenvalue weighted by Crippen LogP contribution is 2.25. The Bertz CT molecular complexity index is 445. The van der Waals surface area contributed by atoms with Gasteiger partial charge in [0.05, 0.1) is 6.10 Å². The maximum atomic E-state index is 8.64. The zero-order valence-electron chi connectivity index (χ0n) is 11.4. The third-order valence-electron chi connectivity index (χ3n) is 3.83. The molecule has 2 atom stereocenters. The predicted molar refractivity (Wildman–Crippen MR) is 75.7 cm³/mol. The summed E-state index contributed by atoms with van der Waals surface area (Å²) in [6, 6.07) is 7.72. The second-order valence-corrected chi connectivity index (χ2v) is 5.02. The average Bonchev–Trinajstić information content (AvgIpc) is 2.47. The van der Waals surface area contributed by atoms with Crippen molar-refractivity contribution in [3.8, 4) is 0 Å². The van der Waals surface area contributed by atoms with Crippen LogP contribution >= 0.6 is 0 Å². The number of methoxy groups -OCH3 is 1. The summed E-state index contributed by atoms with van der Waals surface area (Å²) >= 11 is 0. The summed E-state index contributed by atoms with van der Waals surface area (Å²) < 4.78 is 5.52. The first kappa shape index (κ1) is 13.7. The highest BCUT2D eigenvalue weighted by atomic mass is 16.5. The second kappa shape index (κ2) is 5.93. The fraction of sp³-hybridized carbons (Fsp3) is 0.500. The molecule has 0 aliphatic carbocycles. The Kier molecular flexibility index (Phi) is 4.27. The quantitative estimate of drug-likeness (QED) is 0.376. The second-order valence-electron chi connectivity index (χ2n) is 5.02. The summed E-state index contributed by atoms with van der Waals surface area (Å²) in [7, 11) is 1.77. The lowest BCUT2D eigenvalue weighted by atomic mass is 9.95. The van der Waals surface area contributed by atoms with Crippen LogP contribution in [0.25, 0.3) is 0 Å². The van der Waals surface area contributed by atoms with Crippen molar-refractivity contribution in [3.63, 3.8) is 0 Å². The molecule has 1 saturated heterocycles. The van der Waals surface area contributed by atoms with Gasteiger partial charge in [-0.05, 0) is 36.6 Å². The van der Waals surface area contributed by atoms with E-state index in [-0.39, 0.29) is 11.9 Å². The van der Waals surface area contributed by atoms with Gasteiger partial charge in [-0.25, -0.2) is 0 Å². The van der Waals surface area contributed by atoms with E-state index in [1.54, 1.807) is 7.11 Å². The van der Waals surface area contributed by atoms with Crippen molar-refractivity contribution in [3.05, 3.63) is 29.8 Å². The molecule has 0 aromatic heterocycles. The molecule has 0 amide bonds. The van der Waals surface area contributed by atoms with E-state index >= 15 is 0 Å². The Balaban J connectivity index is 2.10. The molecule has 2 unspecified atom stereocenters. The van der Waals surface area contributed by atoms with Gasteiger partial charge in [0.2, 0.25) is 0 Å². The third kappa shape index (κ3) is 2.98. The van der Waals surface area contributed by atoms with Gasteiger partial charge in [0, 0.05) is 31.5 Å². The van der Waals surface area contributed by atoms with Crippen molar-refractivity contribution < 1.29 is 9.94 Å². The van der Waals surface area contributed by atoms with Crippen molar-refractivity contribution in [1.29, 1.82) is 0 Å². The van der Waals surface area contributed by atoms with E-state index in [0.717, 1.165) is 30.8 Å². The number of nitrogens with two attached hydrogens (primary N) is 1. The van der Waals surface area contributed by atoms with Crippen molar-refractivity contribution >= 4 is 11.5 Å². The fourth-order valence-corrected chi connectivity index (χ4v) is 2.48. The molecule has 0 spiro atoms. The minimum atomic E-state index is 0.133. The smallest absolute Gasteiger partial charge is 0.170 e. The number of rotatable bonds is 3. The molecule has 1 aliphatic heterocycles. The third-order valence-corrected chi connectivity index (χ3v) is 3.83. The number of anilines is 1. The van der Waals surface area contributed by atoms with Crippen molar-refractivity contribution in [2.24, 2.45) is 16.8 Å². The molecule has 19 heavy (non-hydrogen) atoms. The van der Waals surface area contributed by atoms with Crippen molar-refractivity contribution in [1.82, 2.24) is 0 Å². The lowest BCUT2D eigenvalue weighted by Gasteiger charge is -2.37. The van der Waals surface area contributed by atoms with Crippen LogP contribution in [0.5, 0.6) is 0 Å². The first-order chi connectivity index (χ1) is 9.15. The van der Waals surface area contributed by atoms with Gasteiger partial charge in [0.1, 0.15) is 0 Å². The number of benzene rings is 1. The van der Waals surface area contributed by atoms with E-state index in [0.29, 0.717) is 5.92 Å². The number of hydrogen-bond donors (Lipinski definition) is 2. The Morgan fingerprint density at radius 2 is 2.11 bits per heavy atom. The molecular weight excluding hydrogens is 242 g/mol. The number of amidine groups is 1. The summed E-state index contributed by atoms with van der Waals surface area (Å²) in [6.45, 7) is 4.16. The first-order valence-electron chi connectivity index (χ1n) is 6.51. The van der Waals surface area contributed by atoms with Gasteiger partial charge >= 0.3 is 0 Å². The van der Waals surface area contributed by atoms with Gasteiger partial charge in [-0.15, -0.1) is 0 Å². The van der Waals surface area contributed by atoms with Gasteiger partial charge in [-0.3, -0.25) is 0 Å². The van der Waals surface area contributed by atoms with Gasteiger partial charge < -0.3 is 20.6 Å². The first-order valence-corrected chi connectivity index (χ1v) is 6.51. The van der Waals surface area contributed by atoms with E-state index in [9.17, 15) is 0 Å². The van der Waals surface area contributed by atoms with E-state index in [1.807, 2.05) is 24.3 Å². The molecule has 1 aromatic rings. The average molecular weight is 263 g/mol. The number of piperidine rings is 1. The van der Waals surface area contributed by atoms with Crippen LogP contribution in [0, 0.1) is 5.92 Å². The topological polar surface area (TPSA) is 71.1 Å². The van der Waals surface area contributed by atoms with Crippen LogP contribution in [0.4, 0.5) is 5.69 Å². The van der Waals surface area contributed by atoms with Crippen LogP contribution in [0.2, 0.25) is 0 Å². The van der Waals surface area contributed by atoms with Crippen LogP contribution in [-0.2, 0) is 4.74 Å². The number of nitrogens with zero attached hydrogens (tertiary/aromatic N) is 2. The summed E-state index contributed by atoms with van der Waals surface area (Å²) in [5.41, 5.74) is 7.42. The highest BCUT2D eigenvalue weighted by molar-refractivity contribution is 5.97. The molecular formula is C14H21N3O2. The van der Waals surface area contributed by atoms with E-state index in [4.69, 9.17) is 15.7 Å². The van der Waals surface area contributed by atoms with Crippen LogP contribution in [-0.4, -0.2) is 37.3 Å². The fourth-order valence-electron chi connectivity index (χ4n) is 2.48. The Labute approximate surface area is 113 Å². The Hall–Kier alpha value is -1.75. The van der Waals surface area contributed by atoms with Gasteiger partial charge in [0.15, 0.2) is 5.84 Å². The van der Waals surface area contributed by atoms with Gasteiger partial charge in [-0.1, -0.05) is 12.1 Å². The summed E-state index contributed by atoms with van der Waals surface area (Å²) in [4.78, 5) is 2.31. The van der Waals surface area contributed by atoms with Crippen LogP contribution in [0.1, 0.15) is 18.9 Å². The summed E-state index contributed by atoms with van der Waals surface area (Å²) in [5.74, 6) is 0.728. The molecule has 5 heteroatoms. The molecule has 3 N–H and O–H groups in total. The zero-order valence-corrected chi connectivity index (χ0v) is 11.4. The minimum Gasteiger partial charge on any atom is -0.409 e. The van der Waals surface area contributed by atoms with Gasteiger partial charge in [0.25, 0.3) is 0 Å². The van der Waals surface area contributed by atoms with E-state index < -0.39 is 0 Å². The van der Waals surface area contributed by atoms with Crippen molar-refractivity contribution in [2.75, 3.05) is 25.1 Å². The number of ether oxygens (including phenoxy) is 1. The van der Waals surface area contributed by atoms with Crippen LogP contribution in [0.15, 0.2) is 29.4 Å². The standard InChI is InChI=1S/C14H21N3O2/c1-10-7-8-17(9-13(10)19-2)12-5-3-11(4-6-12)14(15)16-18/h3-6,10,13,18H,7-9H2,1-2H3,(H2,15,16). The monoisotopic (exact) mass is 263 g/mol. The normalized spacial score (nSPS) is 24.5. The lowest BCUT2D eigenvalue weighted by Crippen LogP contribution is -2.43. The molecule has 0 radical (unpaired) electrons. The molecule has 1 fully saturated rings. The predicted octanol–water partition coefficient (Wildman–Crippen LogP) is 1.64. The van der Waals surface area contributed by atoms with Crippen LogP contribution in [0.3, 0.4) is 0 Å². The minimum absolute atomic E-state index is 0.133. The molecule has 104 valence electrons. The molecule has 0 bridgehead atoms. The maximum Gasteiger partial charge on any atom is 0.170 e. The molecule has 1 aliphatic rings. The molecule has 1 heterocycles. The maximum absolute atomic E-state index is 8.64. The lowest BCUT2D eigenvalue weighted by molar-refractivity contribution is 0.0498. The molecule has 1 aromatic carbocycles. The largest absolute Gasteiger partial charge is 0.409 e. The Morgan fingerprint density at radius 1 is 1.42 bits per heavy atom. The SMILES string of the molecule is COC1CN(c2ccc(/C(N)=N/O)cc2)CCC1C. The molecule has 2 rings (SSSR count). The summed E-state index contributed by atoms with van der Waals surface area (Å²) in [6.07, 6.45) is 1.40.